The first-order valence-electron chi connectivity index (χ1n) is 7.95. The standard InChI is InChI=1S/C20H21N3/c1-16-6-5-9-17(14-16)10-11-19-12-13-21-20(23-19)22-15-18-7-3-2-4-8-18/h2-9,12-14H,10-11,15H2,1H3,(H,21,22,23). The zero-order chi connectivity index (χ0) is 15.9. The summed E-state index contributed by atoms with van der Waals surface area (Å²) >= 11 is 0. The van der Waals surface area contributed by atoms with Crippen molar-refractivity contribution in [3.05, 3.63) is 89.2 Å². The topological polar surface area (TPSA) is 37.8 Å². The summed E-state index contributed by atoms with van der Waals surface area (Å²) in [5.41, 5.74) is 4.94. The van der Waals surface area contributed by atoms with Crippen LogP contribution in [0.15, 0.2) is 66.9 Å². The summed E-state index contributed by atoms with van der Waals surface area (Å²) in [7, 11) is 0. The van der Waals surface area contributed by atoms with Crippen LogP contribution in [-0.4, -0.2) is 9.97 Å². The normalized spacial score (nSPS) is 10.5. The Morgan fingerprint density at radius 2 is 1.70 bits per heavy atom. The molecule has 0 unspecified atom stereocenters. The minimum absolute atomic E-state index is 0.690. The third kappa shape index (κ3) is 4.65. The van der Waals surface area contributed by atoms with Gasteiger partial charge in [-0.15, -0.1) is 0 Å². The number of aryl methyl sites for hydroxylation is 3. The number of nitrogens with one attached hydrogen (secondary N) is 1. The van der Waals surface area contributed by atoms with Gasteiger partial charge in [-0.2, -0.15) is 0 Å². The van der Waals surface area contributed by atoms with Gasteiger partial charge >= 0.3 is 0 Å². The fourth-order valence-corrected chi connectivity index (χ4v) is 2.54. The highest BCUT2D eigenvalue weighted by Gasteiger charge is 2.01. The van der Waals surface area contributed by atoms with E-state index < -0.39 is 0 Å². The Balaban J connectivity index is 1.59. The van der Waals surface area contributed by atoms with Gasteiger partial charge in [-0.3, -0.25) is 0 Å². The first kappa shape index (κ1) is 15.2. The van der Waals surface area contributed by atoms with Crippen LogP contribution in [0.3, 0.4) is 0 Å². The molecule has 3 rings (SSSR count). The van der Waals surface area contributed by atoms with Crippen LogP contribution in [0.4, 0.5) is 5.95 Å². The van der Waals surface area contributed by atoms with E-state index in [1.54, 1.807) is 0 Å². The summed E-state index contributed by atoms with van der Waals surface area (Å²) in [5, 5.41) is 3.29. The lowest BCUT2D eigenvalue weighted by atomic mass is 10.1. The summed E-state index contributed by atoms with van der Waals surface area (Å²) in [6, 6.07) is 20.9. The van der Waals surface area contributed by atoms with Gasteiger partial charge in [0.1, 0.15) is 0 Å². The molecule has 116 valence electrons. The summed E-state index contributed by atoms with van der Waals surface area (Å²) in [6.45, 7) is 2.86. The molecule has 3 heteroatoms. The van der Waals surface area contributed by atoms with Crippen molar-refractivity contribution < 1.29 is 0 Å². The Morgan fingerprint density at radius 1 is 0.870 bits per heavy atom. The Morgan fingerprint density at radius 3 is 2.52 bits per heavy atom. The molecule has 0 fully saturated rings. The van der Waals surface area contributed by atoms with Crippen LogP contribution in [0.25, 0.3) is 0 Å². The molecule has 3 nitrogen and oxygen atoms in total. The van der Waals surface area contributed by atoms with Crippen molar-refractivity contribution in [1.82, 2.24) is 9.97 Å². The van der Waals surface area contributed by atoms with Crippen molar-refractivity contribution in [2.75, 3.05) is 5.32 Å². The fraction of sp³-hybridized carbons (Fsp3) is 0.200. The average molecular weight is 303 g/mol. The molecule has 0 spiro atoms. The molecule has 0 atom stereocenters. The molecule has 1 N–H and O–H groups in total. The lowest BCUT2D eigenvalue weighted by Crippen LogP contribution is -2.05. The van der Waals surface area contributed by atoms with E-state index in [1.807, 2.05) is 30.5 Å². The molecule has 1 heterocycles. The summed E-state index contributed by atoms with van der Waals surface area (Å²) in [4.78, 5) is 8.90. The Bertz CT molecular complexity index is 754. The second-order valence-corrected chi connectivity index (χ2v) is 5.70. The number of benzene rings is 2. The van der Waals surface area contributed by atoms with Gasteiger partial charge in [-0.05, 0) is 37.0 Å². The molecule has 3 aromatic rings. The second-order valence-electron chi connectivity index (χ2n) is 5.70. The third-order valence-corrected chi connectivity index (χ3v) is 3.76. The first-order valence-corrected chi connectivity index (χ1v) is 7.95. The van der Waals surface area contributed by atoms with E-state index in [0.29, 0.717) is 5.95 Å². The van der Waals surface area contributed by atoms with Gasteiger partial charge in [-0.25, -0.2) is 9.97 Å². The van der Waals surface area contributed by atoms with Gasteiger partial charge in [-0.1, -0.05) is 60.2 Å². The van der Waals surface area contributed by atoms with Gasteiger partial charge in [0.25, 0.3) is 0 Å². The molecule has 0 radical (unpaired) electrons. The van der Waals surface area contributed by atoms with Crippen LogP contribution >= 0.6 is 0 Å². The van der Waals surface area contributed by atoms with Gasteiger partial charge in [0.15, 0.2) is 0 Å². The van der Waals surface area contributed by atoms with Gasteiger partial charge < -0.3 is 5.32 Å². The maximum absolute atomic E-state index is 4.60. The number of hydrogen-bond acceptors (Lipinski definition) is 3. The predicted molar refractivity (Wildman–Crippen MR) is 94.4 cm³/mol. The number of rotatable bonds is 6. The van der Waals surface area contributed by atoms with Crippen molar-refractivity contribution in [2.45, 2.75) is 26.3 Å². The molecule has 2 aromatic carbocycles. The highest BCUT2D eigenvalue weighted by atomic mass is 15.1. The van der Waals surface area contributed by atoms with Gasteiger partial charge in [0.05, 0.1) is 0 Å². The molecule has 0 saturated heterocycles. The van der Waals surface area contributed by atoms with E-state index in [2.05, 4.69) is 58.6 Å². The maximum Gasteiger partial charge on any atom is 0.223 e. The zero-order valence-electron chi connectivity index (χ0n) is 13.4. The van der Waals surface area contributed by atoms with Crippen LogP contribution in [0.2, 0.25) is 0 Å². The van der Waals surface area contributed by atoms with Gasteiger partial charge in [0.2, 0.25) is 5.95 Å². The maximum atomic E-state index is 4.60. The Hall–Kier alpha value is -2.68. The Kier molecular flexibility index (Phi) is 4.99. The van der Waals surface area contributed by atoms with Crippen LogP contribution in [0, 0.1) is 6.92 Å². The smallest absolute Gasteiger partial charge is 0.223 e. The molecule has 0 saturated carbocycles. The largest absolute Gasteiger partial charge is 0.350 e. The van der Waals surface area contributed by atoms with Crippen molar-refractivity contribution in [1.29, 1.82) is 0 Å². The minimum atomic E-state index is 0.690. The zero-order valence-corrected chi connectivity index (χ0v) is 13.4. The lowest BCUT2D eigenvalue weighted by Gasteiger charge is -2.07. The molecule has 23 heavy (non-hydrogen) atoms. The number of hydrogen-bond donors (Lipinski definition) is 1. The SMILES string of the molecule is Cc1cccc(CCc2ccnc(NCc3ccccc3)n2)c1. The van der Waals surface area contributed by atoms with E-state index in [1.165, 1.54) is 16.7 Å². The summed E-state index contributed by atoms with van der Waals surface area (Å²) < 4.78 is 0. The van der Waals surface area contributed by atoms with Crippen LogP contribution < -0.4 is 5.32 Å². The molecule has 0 aliphatic carbocycles. The van der Waals surface area contributed by atoms with E-state index in [-0.39, 0.29) is 0 Å². The minimum Gasteiger partial charge on any atom is -0.350 e. The van der Waals surface area contributed by atoms with Crippen molar-refractivity contribution in [3.63, 3.8) is 0 Å². The molecular formula is C20H21N3. The average Bonchev–Trinajstić information content (AvgIpc) is 2.60. The van der Waals surface area contributed by atoms with Crippen molar-refractivity contribution in [3.8, 4) is 0 Å². The summed E-state index contributed by atoms with van der Waals surface area (Å²) in [6.07, 6.45) is 3.74. The van der Waals surface area contributed by atoms with Crippen LogP contribution in [0.5, 0.6) is 0 Å². The molecular weight excluding hydrogens is 282 g/mol. The van der Waals surface area contributed by atoms with E-state index >= 15 is 0 Å². The van der Waals surface area contributed by atoms with Crippen molar-refractivity contribution in [2.24, 2.45) is 0 Å². The molecule has 0 aliphatic rings. The lowest BCUT2D eigenvalue weighted by molar-refractivity contribution is 0.895. The van der Waals surface area contributed by atoms with Crippen LogP contribution in [0.1, 0.15) is 22.4 Å². The van der Waals surface area contributed by atoms with Crippen LogP contribution in [-0.2, 0) is 19.4 Å². The molecule has 0 aliphatic heterocycles. The highest BCUT2D eigenvalue weighted by molar-refractivity contribution is 5.29. The Labute approximate surface area is 137 Å². The summed E-state index contributed by atoms with van der Waals surface area (Å²) in [5.74, 6) is 0.690. The second kappa shape index (κ2) is 7.54. The van der Waals surface area contributed by atoms with E-state index in [9.17, 15) is 0 Å². The molecule has 1 aromatic heterocycles. The predicted octanol–water partition coefficient (Wildman–Crippen LogP) is 4.18. The number of anilines is 1. The quantitative estimate of drug-likeness (QED) is 0.742. The molecule has 0 amide bonds. The number of nitrogens with zero attached hydrogens (tertiary/aromatic N) is 2. The van der Waals surface area contributed by atoms with E-state index in [0.717, 1.165) is 25.1 Å². The first-order chi connectivity index (χ1) is 11.3. The third-order valence-electron chi connectivity index (χ3n) is 3.76. The highest BCUT2D eigenvalue weighted by Crippen LogP contribution is 2.10. The van der Waals surface area contributed by atoms with E-state index in [4.69, 9.17) is 0 Å². The monoisotopic (exact) mass is 303 g/mol. The fourth-order valence-electron chi connectivity index (χ4n) is 2.54. The molecule has 0 bridgehead atoms. The van der Waals surface area contributed by atoms with Crippen molar-refractivity contribution >= 4 is 5.95 Å². The van der Waals surface area contributed by atoms with Gasteiger partial charge in [0, 0.05) is 18.4 Å². The number of aromatic nitrogens is 2.